The lowest BCUT2D eigenvalue weighted by Gasteiger charge is -2.33. The summed E-state index contributed by atoms with van der Waals surface area (Å²) in [6, 6.07) is 12.8. The van der Waals surface area contributed by atoms with Gasteiger partial charge < -0.3 is 4.90 Å². The fraction of sp³-hybridized carbons (Fsp3) is 0.435. The number of sulfonamides is 1. The third-order valence-electron chi connectivity index (χ3n) is 6.11. The molecule has 1 aliphatic carbocycles. The van der Waals surface area contributed by atoms with Crippen LogP contribution in [0.2, 0.25) is 0 Å². The minimum atomic E-state index is -3.30. The zero-order chi connectivity index (χ0) is 21.5. The first-order valence-corrected chi connectivity index (χ1v) is 12.2. The van der Waals surface area contributed by atoms with Crippen molar-refractivity contribution < 1.29 is 17.6 Å². The van der Waals surface area contributed by atoms with Crippen LogP contribution >= 0.6 is 0 Å². The van der Waals surface area contributed by atoms with E-state index in [0.717, 1.165) is 42.2 Å². The number of halogens is 1. The molecule has 2 fully saturated rings. The number of nitrogens with zero attached hydrogens (tertiary/aromatic N) is 1. The maximum atomic E-state index is 14.3. The molecule has 1 aliphatic heterocycles. The van der Waals surface area contributed by atoms with E-state index >= 15 is 0 Å². The number of carbonyl (C=O) groups excluding carboxylic acids is 1. The van der Waals surface area contributed by atoms with Gasteiger partial charge in [-0.25, -0.2) is 17.5 Å². The highest BCUT2D eigenvalue weighted by atomic mass is 32.2. The van der Waals surface area contributed by atoms with Crippen molar-refractivity contribution in [3.63, 3.8) is 0 Å². The zero-order valence-electron chi connectivity index (χ0n) is 17.3. The molecule has 4 rings (SSSR count). The molecule has 0 unspecified atom stereocenters. The molecule has 3 atom stereocenters. The fourth-order valence-corrected chi connectivity index (χ4v) is 5.42. The Labute approximate surface area is 177 Å². The largest absolute Gasteiger partial charge is 0.341 e. The van der Waals surface area contributed by atoms with Crippen molar-refractivity contribution in [2.24, 2.45) is 5.92 Å². The van der Waals surface area contributed by atoms with Gasteiger partial charge >= 0.3 is 0 Å². The Bertz CT molecular complexity index is 1060. The van der Waals surface area contributed by atoms with Crippen LogP contribution in [0.25, 0.3) is 11.1 Å². The summed E-state index contributed by atoms with van der Waals surface area (Å²) in [7, 11) is -3.30. The summed E-state index contributed by atoms with van der Waals surface area (Å²) in [5.74, 6) is -0.239. The molecule has 7 heteroatoms. The van der Waals surface area contributed by atoms with Gasteiger partial charge in [0, 0.05) is 25.0 Å². The van der Waals surface area contributed by atoms with Gasteiger partial charge in [0.15, 0.2) is 0 Å². The monoisotopic (exact) mass is 430 g/mol. The number of hydrogen-bond donors (Lipinski definition) is 1. The first-order chi connectivity index (χ1) is 14.2. The first-order valence-electron chi connectivity index (χ1n) is 10.3. The van der Waals surface area contributed by atoms with E-state index in [2.05, 4.69) is 4.72 Å². The Kier molecular flexibility index (Phi) is 5.68. The highest BCUT2D eigenvalue weighted by molar-refractivity contribution is 7.88. The topological polar surface area (TPSA) is 66.5 Å². The van der Waals surface area contributed by atoms with Crippen LogP contribution in [0, 0.1) is 18.7 Å². The Morgan fingerprint density at radius 2 is 1.90 bits per heavy atom. The lowest BCUT2D eigenvalue weighted by molar-refractivity contribution is -0.133. The van der Waals surface area contributed by atoms with E-state index in [-0.39, 0.29) is 29.6 Å². The second-order valence-corrected chi connectivity index (χ2v) is 10.2. The van der Waals surface area contributed by atoms with Gasteiger partial charge in [-0.2, -0.15) is 0 Å². The Balaban J connectivity index is 1.54. The maximum absolute atomic E-state index is 14.3. The number of piperidine rings is 1. The summed E-state index contributed by atoms with van der Waals surface area (Å²) < 4.78 is 40.0. The molecule has 1 heterocycles. The summed E-state index contributed by atoms with van der Waals surface area (Å²) in [4.78, 5) is 14.9. The Morgan fingerprint density at radius 3 is 2.60 bits per heavy atom. The predicted octanol–water partition coefficient (Wildman–Crippen LogP) is 3.44. The summed E-state index contributed by atoms with van der Waals surface area (Å²) in [6.07, 6.45) is 3.40. The van der Waals surface area contributed by atoms with Gasteiger partial charge in [-0.05, 0) is 60.4 Å². The number of carbonyl (C=O) groups is 1. The minimum Gasteiger partial charge on any atom is -0.341 e. The van der Waals surface area contributed by atoms with Crippen molar-refractivity contribution in [2.75, 3.05) is 19.3 Å². The average Bonchev–Trinajstić information content (AvgIpc) is 3.49. The highest BCUT2D eigenvalue weighted by Gasteiger charge is 2.47. The summed E-state index contributed by atoms with van der Waals surface area (Å²) in [5, 5.41) is 0. The molecule has 160 valence electrons. The van der Waals surface area contributed by atoms with Crippen LogP contribution in [-0.4, -0.2) is 44.6 Å². The lowest BCUT2D eigenvalue weighted by atomic mass is 9.91. The van der Waals surface area contributed by atoms with Gasteiger partial charge in [-0.15, -0.1) is 0 Å². The second-order valence-electron chi connectivity index (χ2n) is 8.46. The second kappa shape index (κ2) is 8.12. The third-order valence-corrected chi connectivity index (χ3v) is 6.88. The van der Waals surface area contributed by atoms with Crippen LogP contribution in [0.5, 0.6) is 0 Å². The molecule has 0 spiro atoms. The van der Waals surface area contributed by atoms with E-state index in [1.165, 1.54) is 6.07 Å². The highest BCUT2D eigenvalue weighted by Crippen LogP contribution is 2.52. The van der Waals surface area contributed by atoms with E-state index in [0.29, 0.717) is 18.7 Å². The number of hydrogen-bond acceptors (Lipinski definition) is 3. The number of amides is 1. The number of benzene rings is 2. The average molecular weight is 431 g/mol. The molecule has 0 radical (unpaired) electrons. The van der Waals surface area contributed by atoms with E-state index in [1.54, 1.807) is 11.8 Å². The summed E-state index contributed by atoms with van der Waals surface area (Å²) in [6.45, 7) is 2.84. The Hall–Kier alpha value is -2.25. The summed E-state index contributed by atoms with van der Waals surface area (Å²) >= 11 is 0. The SMILES string of the molecule is Cc1c(F)ccc([C@@H]2C[C@H]2C(=O)N2CCC[C@@H](NS(C)(=O)=O)C2)c1-c1ccccc1. The molecule has 1 amide bonds. The number of likely N-dealkylation sites (tertiary alicyclic amines) is 1. The molecule has 0 bridgehead atoms. The third kappa shape index (κ3) is 4.42. The molecule has 2 aliphatic rings. The van der Waals surface area contributed by atoms with Gasteiger partial charge in [0.25, 0.3) is 0 Å². The molecule has 2 aromatic carbocycles. The normalized spacial score (nSPS) is 24.0. The van der Waals surface area contributed by atoms with Crippen molar-refractivity contribution >= 4 is 15.9 Å². The lowest BCUT2D eigenvalue weighted by Crippen LogP contribution is -2.49. The zero-order valence-corrected chi connectivity index (χ0v) is 18.1. The van der Waals surface area contributed by atoms with Gasteiger partial charge in [0.05, 0.1) is 6.26 Å². The van der Waals surface area contributed by atoms with Crippen LogP contribution in [0.15, 0.2) is 42.5 Å². The molecule has 1 N–H and O–H groups in total. The smallest absolute Gasteiger partial charge is 0.226 e. The first kappa shape index (κ1) is 21.0. The van der Waals surface area contributed by atoms with Crippen LogP contribution in [-0.2, 0) is 14.8 Å². The molecule has 1 saturated heterocycles. The molecular formula is C23H27FN2O3S. The van der Waals surface area contributed by atoms with Gasteiger partial charge in [0.2, 0.25) is 15.9 Å². The molecule has 0 aromatic heterocycles. The van der Waals surface area contributed by atoms with Crippen LogP contribution in [0.3, 0.4) is 0 Å². The molecule has 2 aromatic rings. The van der Waals surface area contributed by atoms with Gasteiger partial charge in [-0.3, -0.25) is 4.79 Å². The molecule has 1 saturated carbocycles. The number of rotatable bonds is 5. The van der Waals surface area contributed by atoms with Crippen molar-refractivity contribution in [2.45, 2.75) is 38.1 Å². The van der Waals surface area contributed by atoms with Crippen LogP contribution in [0.1, 0.15) is 36.3 Å². The van der Waals surface area contributed by atoms with Gasteiger partial charge in [0.1, 0.15) is 5.82 Å². The van der Waals surface area contributed by atoms with Crippen molar-refractivity contribution in [3.8, 4) is 11.1 Å². The summed E-state index contributed by atoms with van der Waals surface area (Å²) in [5.41, 5.74) is 3.46. The van der Waals surface area contributed by atoms with Crippen LogP contribution < -0.4 is 4.72 Å². The molecule has 5 nitrogen and oxygen atoms in total. The molecular weight excluding hydrogens is 403 g/mol. The van der Waals surface area contributed by atoms with Crippen molar-refractivity contribution in [3.05, 3.63) is 59.4 Å². The maximum Gasteiger partial charge on any atom is 0.226 e. The Morgan fingerprint density at radius 1 is 1.17 bits per heavy atom. The van der Waals surface area contributed by atoms with E-state index in [9.17, 15) is 17.6 Å². The van der Waals surface area contributed by atoms with Gasteiger partial charge in [-0.1, -0.05) is 36.4 Å². The standard InChI is InChI=1S/C23H27FN2O3S/c1-15-21(24)11-10-18(22(15)16-7-4-3-5-8-16)19-13-20(19)23(27)26-12-6-9-17(14-26)25-30(2,28)29/h3-5,7-8,10-11,17,19-20,25H,6,9,12-14H2,1-2H3/t17-,19+,20-/m1/s1. The van der Waals surface area contributed by atoms with E-state index in [1.807, 2.05) is 36.4 Å². The predicted molar refractivity (Wildman–Crippen MR) is 115 cm³/mol. The minimum absolute atomic E-state index is 0.0650. The van der Waals surface area contributed by atoms with Crippen molar-refractivity contribution in [1.82, 2.24) is 9.62 Å². The van der Waals surface area contributed by atoms with Crippen molar-refractivity contribution in [1.29, 1.82) is 0 Å². The fourth-order valence-electron chi connectivity index (χ4n) is 4.63. The van der Waals surface area contributed by atoms with E-state index < -0.39 is 10.0 Å². The molecule has 30 heavy (non-hydrogen) atoms. The van der Waals surface area contributed by atoms with E-state index in [4.69, 9.17) is 0 Å². The number of nitrogens with one attached hydrogen (secondary N) is 1. The quantitative estimate of drug-likeness (QED) is 0.790. The van der Waals surface area contributed by atoms with Crippen LogP contribution in [0.4, 0.5) is 4.39 Å².